The third-order valence-corrected chi connectivity index (χ3v) is 4.89. The second-order valence-corrected chi connectivity index (χ2v) is 6.24. The van der Waals surface area contributed by atoms with E-state index >= 15 is 0 Å². The van der Waals surface area contributed by atoms with Gasteiger partial charge in [-0.1, -0.05) is 12.1 Å². The van der Waals surface area contributed by atoms with Crippen molar-refractivity contribution in [2.75, 3.05) is 19.5 Å². The molecule has 0 unspecified atom stereocenters. The molecule has 0 amide bonds. The summed E-state index contributed by atoms with van der Waals surface area (Å²) in [6.45, 7) is 0. The molecular weight excluding hydrogens is 332 g/mol. The first-order chi connectivity index (χ1) is 12.7. The monoisotopic (exact) mass is 350 g/mol. The highest BCUT2D eigenvalue weighted by atomic mass is 16.5. The van der Waals surface area contributed by atoms with Gasteiger partial charge in [0.25, 0.3) is 0 Å². The maximum Gasteiger partial charge on any atom is 0.166 e. The van der Waals surface area contributed by atoms with E-state index in [1.807, 2.05) is 18.2 Å². The molecule has 2 heterocycles. The van der Waals surface area contributed by atoms with E-state index in [2.05, 4.69) is 16.5 Å². The summed E-state index contributed by atoms with van der Waals surface area (Å²) in [5, 5.41) is 17.0. The minimum atomic E-state index is -0.457. The molecular formula is C19H18N4O3. The highest BCUT2D eigenvalue weighted by molar-refractivity contribution is 5.99. The van der Waals surface area contributed by atoms with Gasteiger partial charge in [-0.15, -0.1) is 0 Å². The summed E-state index contributed by atoms with van der Waals surface area (Å²) in [5.74, 6) is 1.85. The minimum Gasteiger partial charge on any atom is -0.493 e. The third kappa shape index (κ3) is 2.26. The van der Waals surface area contributed by atoms with E-state index in [-0.39, 0.29) is 5.78 Å². The van der Waals surface area contributed by atoms with Gasteiger partial charge < -0.3 is 14.8 Å². The van der Waals surface area contributed by atoms with Crippen molar-refractivity contribution in [3.8, 4) is 17.6 Å². The number of hydrogen-bond donors (Lipinski definition) is 1. The molecule has 132 valence electrons. The van der Waals surface area contributed by atoms with E-state index in [4.69, 9.17) is 9.47 Å². The zero-order chi connectivity index (χ0) is 18.3. The number of carbonyl (C=O) groups excluding carboxylic acids is 1. The Morgan fingerprint density at radius 2 is 2.15 bits per heavy atom. The van der Waals surface area contributed by atoms with Gasteiger partial charge in [-0.2, -0.15) is 10.4 Å². The summed E-state index contributed by atoms with van der Waals surface area (Å²) < 4.78 is 12.7. The molecule has 1 N–H and O–H groups in total. The maximum atomic E-state index is 12.8. The van der Waals surface area contributed by atoms with Crippen LogP contribution >= 0.6 is 0 Å². The standard InChI is InChI=1S/C19H18N4O3/c1-25-15-8-3-5-12(18(15)26-2)17-16-13(6-4-7-14(16)24)22-19-11(9-20)10-21-23(17)19/h3,5,8,10,17,22H,4,6-7H2,1-2H3/t17-/m1/s1. The predicted octanol–water partition coefficient (Wildman–Crippen LogP) is 2.79. The fourth-order valence-corrected chi connectivity index (χ4v) is 3.75. The number of nitrogens with zero attached hydrogens (tertiary/aromatic N) is 3. The number of carbonyl (C=O) groups is 1. The van der Waals surface area contributed by atoms with Crippen LogP contribution in [-0.4, -0.2) is 29.8 Å². The van der Waals surface area contributed by atoms with Crippen LogP contribution in [0.3, 0.4) is 0 Å². The number of aromatic nitrogens is 2. The van der Waals surface area contributed by atoms with E-state index in [9.17, 15) is 10.1 Å². The number of nitrogens with one attached hydrogen (secondary N) is 1. The number of nitriles is 1. The topological polar surface area (TPSA) is 89.2 Å². The molecule has 7 heteroatoms. The zero-order valence-corrected chi connectivity index (χ0v) is 14.6. The van der Waals surface area contributed by atoms with Crippen LogP contribution in [0, 0.1) is 11.3 Å². The van der Waals surface area contributed by atoms with Crippen molar-refractivity contribution in [1.29, 1.82) is 5.26 Å². The molecule has 0 radical (unpaired) electrons. The Balaban J connectivity index is 1.99. The van der Waals surface area contributed by atoms with Crippen LogP contribution < -0.4 is 14.8 Å². The minimum absolute atomic E-state index is 0.0910. The maximum absolute atomic E-state index is 12.8. The van der Waals surface area contributed by atoms with E-state index in [1.54, 1.807) is 18.9 Å². The fraction of sp³-hybridized carbons (Fsp3) is 0.316. The van der Waals surface area contributed by atoms with E-state index in [0.29, 0.717) is 34.9 Å². The largest absolute Gasteiger partial charge is 0.493 e. The van der Waals surface area contributed by atoms with Gasteiger partial charge in [0.15, 0.2) is 17.3 Å². The summed E-state index contributed by atoms with van der Waals surface area (Å²) in [7, 11) is 3.15. The van der Waals surface area contributed by atoms with Crippen molar-refractivity contribution in [2.24, 2.45) is 0 Å². The molecule has 4 rings (SSSR count). The molecule has 1 aliphatic heterocycles. The fourth-order valence-electron chi connectivity index (χ4n) is 3.75. The molecule has 2 aliphatic rings. The van der Waals surface area contributed by atoms with Gasteiger partial charge in [-0.3, -0.25) is 4.79 Å². The molecule has 2 aromatic rings. The van der Waals surface area contributed by atoms with Crippen molar-refractivity contribution in [3.05, 3.63) is 46.8 Å². The Morgan fingerprint density at radius 3 is 2.88 bits per heavy atom. The average molecular weight is 350 g/mol. The smallest absolute Gasteiger partial charge is 0.166 e. The lowest BCUT2D eigenvalue weighted by molar-refractivity contribution is -0.116. The van der Waals surface area contributed by atoms with Gasteiger partial charge in [0.1, 0.15) is 23.5 Å². The predicted molar refractivity (Wildman–Crippen MR) is 94.1 cm³/mol. The number of methoxy groups -OCH3 is 2. The lowest BCUT2D eigenvalue weighted by Crippen LogP contribution is -2.31. The van der Waals surface area contributed by atoms with Crippen LogP contribution in [0.4, 0.5) is 5.82 Å². The quantitative estimate of drug-likeness (QED) is 0.915. The molecule has 26 heavy (non-hydrogen) atoms. The van der Waals surface area contributed by atoms with Crippen LogP contribution in [0.2, 0.25) is 0 Å². The number of ether oxygens (including phenoxy) is 2. The third-order valence-electron chi connectivity index (χ3n) is 4.89. The Hall–Kier alpha value is -3.27. The van der Waals surface area contributed by atoms with Crippen molar-refractivity contribution < 1.29 is 14.3 Å². The van der Waals surface area contributed by atoms with Crippen molar-refractivity contribution in [3.63, 3.8) is 0 Å². The summed E-state index contributed by atoms with van der Waals surface area (Å²) in [4.78, 5) is 12.8. The first kappa shape index (κ1) is 16.2. The van der Waals surface area contributed by atoms with Gasteiger partial charge >= 0.3 is 0 Å². The number of anilines is 1. The van der Waals surface area contributed by atoms with Crippen molar-refractivity contribution >= 4 is 11.6 Å². The van der Waals surface area contributed by atoms with Gasteiger partial charge in [0.2, 0.25) is 0 Å². The molecule has 1 atom stereocenters. The Bertz CT molecular complexity index is 968. The number of Topliss-reactive ketones (excluding diaryl/α,β-unsaturated/α-hetero) is 1. The molecule has 0 bridgehead atoms. The number of fused-ring (bicyclic) bond motifs is 1. The molecule has 1 aliphatic carbocycles. The Morgan fingerprint density at radius 1 is 1.31 bits per heavy atom. The summed E-state index contributed by atoms with van der Waals surface area (Å²) in [5.41, 5.74) is 2.77. The zero-order valence-electron chi connectivity index (χ0n) is 14.6. The van der Waals surface area contributed by atoms with E-state index < -0.39 is 6.04 Å². The Kier molecular flexibility index (Phi) is 3.88. The summed E-state index contributed by atoms with van der Waals surface area (Å²) >= 11 is 0. The van der Waals surface area contributed by atoms with Crippen molar-refractivity contribution in [1.82, 2.24) is 9.78 Å². The first-order valence-corrected chi connectivity index (χ1v) is 8.41. The average Bonchev–Trinajstić information content (AvgIpc) is 3.08. The molecule has 1 aromatic carbocycles. The van der Waals surface area contributed by atoms with Crippen LogP contribution in [-0.2, 0) is 4.79 Å². The van der Waals surface area contributed by atoms with Crippen LogP contribution in [0.25, 0.3) is 0 Å². The van der Waals surface area contributed by atoms with Gasteiger partial charge in [-0.05, 0) is 18.9 Å². The van der Waals surface area contributed by atoms with Gasteiger partial charge in [0, 0.05) is 23.3 Å². The molecule has 0 saturated heterocycles. The SMILES string of the molecule is COc1cccc([C@@H]2C3=C(CCCC3=O)Nc3c(C#N)cnn32)c1OC. The highest BCUT2D eigenvalue weighted by Gasteiger charge is 2.38. The molecule has 0 spiro atoms. The second-order valence-electron chi connectivity index (χ2n) is 6.24. The number of benzene rings is 1. The summed E-state index contributed by atoms with van der Waals surface area (Å²) in [6.07, 6.45) is 3.58. The normalized spacial score (nSPS) is 18.5. The lowest BCUT2D eigenvalue weighted by atomic mass is 9.85. The van der Waals surface area contributed by atoms with Gasteiger partial charge in [-0.25, -0.2) is 4.68 Å². The number of hydrogen-bond acceptors (Lipinski definition) is 6. The molecule has 0 fully saturated rings. The lowest BCUT2D eigenvalue weighted by Gasteiger charge is -2.34. The Labute approximate surface area is 150 Å². The highest BCUT2D eigenvalue weighted by Crippen LogP contribution is 2.45. The van der Waals surface area contributed by atoms with Crippen molar-refractivity contribution in [2.45, 2.75) is 25.3 Å². The van der Waals surface area contributed by atoms with Crippen LogP contribution in [0.15, 0.2) is 35.7 Å². The first-order valence-electron chi connectivity index (χ1n) is 8.41. The number of ketones is 1. The number of para-hydroxylation sites is 1. The molecule has 7 nitrogen and oxygen atoms in total. The summed E-state index contributed by atoms with van der Waals surface area (Å²) in [6, 6.07) is 7.28. The van der Waals surface area contributed by atoms with Crippen LogP contribution in [0.1, 0.15) is 36.4 Å². The van der Waals surface area contributed by atoms with E-state index in [1.165, 1.54) is 6.20 Å². The second kappa shape index (κ2) is 6.23. The number of allylic oxidation sites excluding steroid dienone is 2. The van der Waals surface area contributed by atoms with Crippen LogP contribution in [0.5, 0.6) is 11.5 Å². The molecule has 0 saturated carbocycles. The molecule has 1 aromatic heterocycles. The van der Waals surface area contributed by atoms with E-state index in [0.717, 1.165) is 24.1 Å². The number of rotatable bonds is 3. The van der Waals surface area contributed by atoms with Gasteiger partial charge in [0.05, 0.1) is 20.4 Å².